The van der Waals surface area contributed by atoms with Gasteiger partial charge in [-0.1, -0.05) is 6.07 Å². The Labute approximate surface area is 122 Å². The average Bonchev–Trinajstić information content (AvgIpc) is 2.74. The molecule has 2 rings (SSSR count). The normalized spacial score (nSPS) is 10.5. The van der Waals surface area contributed by atoms with Gasteiger partial charge in [0, 0.05) is 17.5 Å². The molecule has 0 bridgehead atoms. The molecule has 1 N–H and O–H groups in total. The molecule has 1 aromatic carbocycles. The molecule has 0 unspecified atom stereocenters. The summed E-state index contributed by atoms with van der Waals surface area (Å²) in [5.41, 5.74) is 2.36. The van der Waals surface area contributed by atoms with E-state index in [1.54, 1.807) is 6.20 Å². The number of thiazole rings is 1. The smallest absolute Gasteiger partial charge is 0.308 e. The number of carboxylic acid groups (broad SMARTS) is 1. The molecule has 5 heteroatoms. The number of benzene rings is 1. The second-order valence-electron chi connectivity index (χ2n) is 4.71. The zero-order valence-corrected chi connectivity index (χ0v) is 12.4. The van der Waals surface area contributed by atoms with Gasteiger partial charge in [-0.3, -0.25) is 4.79 Å². The molecule has 0 saturated heterocycles. The Morgan fingerprint density at radius 3 is 2.65 bits per heavy atom. The van der Waals surface area contributed by atoms with Gasteiger partial charge in [0.25, 0.3) is 0 Å². The summed E-state index contributed by atoms with van der Waals surface area (Å²) in [6.45, 7) is 4.63. The number of aryl methyl sites for hydroxylation is 2. The topological polar surface area (TPSA) is 59.4 Å². The van der Waals surface area contributed by atoms with Crippen LogP contribution in [-0.4, -0.2) is 22.7 Å². The van der Waals surface area contributed by atoms with Crippen LogP contribution in [0.5, 0.6) is 5.75 Å². The van der Waals surface area contributed by atoms with E-state index in [0.717, 1.165) is 15.6 Å². The van der Waals surface area contributed by atoms with Crippen LogP contribution in [0.1, 0.15) is 21.0 Å². The molecule has 106 valence electrons. The molecule has 0 spiro atoms. The summed E-state index contributed by atoms with van der Waals surface area (Å²) >= 11 is 1.43. The number of aliphatic carboxylic acids is 1. The summed E-state index contributed by atoms with van der Waals surface area (Å²) in [4.78, 5) is 15.6. The van der Waals surface area contributed by atoms with Crippen LogP contribution in [0.15, 0.2) is 24.4 Å². The molecule has 0 aliphatic heterocycles. The summed E-state index contributed by atoms with van der Waals surface area (Å²) in [5, 5.41) is 9.62. The van der Waals surface area contributed by atoms with E-state index in [1.165, 1.54) is 22.5 Å². The van der Waals surface area contributed by atoms with Crippen molar-refractivity contribution in [2.45, 2.75) is 26.7 Å². The van der Waals surface area contributed by atoms with Gasteiger partial charge < -0.3 is 9.84 Å². The Morgan fingerprint density at radius 1 is 1.30 bits per heavy atom. The van der Waals surface area contributed by atoms with Gasteiger partial charge in [-0.15, -0.1) is 11.3 Å². The largest absolute Gasteiger partial charge is 0.493 e. The van der Waals surface area contributed by atoms with Crippen molar-refractivity contribution in [3.63, 3.8) is 0 Å². The van der Waals surface area contributed by atoms with Crippen LogP contribution < -0.4 is 4.74 Å². The van der Waals surface area contributed by atoms with Gasteiger partial charge in [-0.25, -0.2) is 4.98 Å². The first kappa shape index (κ1) is 14.5. The Balaban J connectivity index is 1.86. The quantitative estimate of drug-likeness (QED) is 0.888. The number of rotatable bonds is 6. The molecule has 0 atom stereocenters. The lowest BCUT2D eigenvalue weighted by atomic mass is 10.1. The van der Waals surface area contributed by atoms with Crippen LogP contribution >= 0.6 is 11.3 Å². The number of aromatic nitrogens is 1. The van der Waals surface area contributed by atoms with Crippen molar-refractivity contribution in [3.8, 4) is 5.75 Å². The fourth-order valence-electron chi connectivity index (χ4n) is 1.97. The highest BCUT2D eigenvalue weighted by atomic mass is 32.1. The maximum Gasteiger partial charge on any atom is 0.308 e. The SMILES string of the molecule is Cc1cc(C)cc(OCCc2ncc(CC(=O)O)s2)c1. The Bertz CT molecular complexity index is 587. The van der Waals surface area contributed by atoms with E-state index in [-0.39, 0.29) is 6.42 Å². The highest BCUT2D eigenvalue weighted by molar-refractivity contribution is 7.11. The van der Waals surface area contributed by atoms with Crippen LogP contribution in [0.4, 0.5) is 0 Å². The monoisotopic (exact) mass is 291 g/mol. The van der Waals surface area contributed by atoms with Crippen molar-refractivity contribution in [1.82, 2.24) is 4.98 Å². The molecule has 2 aromatic rings. The average molecular weight is 291 g/mol. The maximum atomic E-state index is 10.6. The zero-order valence-electron chi connectivity index (χ0n) is 11.5. The lowest BCUT2D eigenvalue weighted by molar-refractivity contribution is -0.136. The molecule has 1 heterocycles. The van der Waals surface area contributed by atoms with Crippen LogP contribution in [0, 0.1) is 13.8 Å². The minimum absolute atomic E-state index is 0.0373. The number of carboxylic acids is 1. The van der Waals surface area contributed by atoms with Crippen LogP contribution in [0.3, 0.4) is 0 Å². The molecule has 1 aromatic heterocycles. The Kier molecular flexibility index (Phi) is 4.74. The third-order valence-corrected chi connectivity index (χ3v) is 3.76. The number of hydrogen-bond donors (Lipinski definition) is 1. The number of ether oxygens (including phenoxy) is 1. The van der Waals surface area contributed by atoms with Crippen molar-refractivity contribution >= 4 is 17.3 Å². The number of carbonyl (C=O) groups is 1. The van der Waals surface area contributed by atoms with Gasteiger partial charge in [-0.2, -0.15) is 0 Å². The molecule has 0 aliphatic carbocycles. The van der Waals surface area contributed by atoms with Crippen LogP contribution in [-0.2, 0) is 17.6 Å². The molecule has 0 radical (unpaired) electrons. The zero-order chi connectivity index (χ0) is 14.5. The van der Waals surface area contributed by atoms with Gasteiger partial charge in [0.2, 0.25) is 0 Å². The van der Waals surface area contributed by atoms with Crippen molar-refractivity contribution in [2.24, 2.45) is 0 Å². The lowest BCUT2D eigenvalue weighted by Gasteiger charge is -2.07. The van der Waals surface area contributed by atoms with Crippen molar-refractivity contribution in [1.29, 1.82) is 0 Å². The van der Waals surface area contributed by atoms with E-state index >= 15 is 0 Å². The van der Waals surface area contributed by atoms with E-state index in [9.17, 15) is 4.79 Å². The van der Waals surface area contributed by atoms with E-state index in [1.807, 2.05) is 26.0 Å². The number of hydrogen-bond acceptors (Lipinski definition) is 4. The standard InChI is InChI=1S/C15H17NO3S/c1-10-5-11(2)7-12(6-10)19-4-3-14-16-9-13(20-14)8-15(17)18/h5-7,9H,3-4,8H2,1-2H3,(H,17,18). The molecular weight excluding hydrogens is 274 g/mol. The third kappa shape index (κ3) is 4.35. The Hall–Kier alpha value is -1.88. The predicted molar refractivity (Wildman–Crippen MR) is 78.6 cm³/mol. The third-order valence-electron chi connectivity index (χ3n) is 2.71. The van der Waals surface area contributed by atoms with Crippen LogP contribution in [0.2, 0.25) is 0 Å². The van der Waals surface area contributed by atoms with Gasteiger partial charge in [0.1, 0.15) is 5.75 Å². The van der Waals surface area contributed by atoms with Crippen molar-refractivity contribution < 1.29 is 14.6 Å². The first-order valence-corrected chi connectivity index (χ1v) is 7.21. The predicted octanol–water partition coefficient (Wildman–Crippen LogP) is 3.01. The molecule has 20 heavy (non-hydrogen) atoms. The summed E-state index contributed by atoms with van der Waals surface area (Å²) in [6.07, 6.45) is 2.36. The first-order valence-electron chi connectivity index (χ1n) is 6.39. The molecule has 4 nitrogen and oxygen atoms in total. The highest BCUT2D eigenvalue weighted by Gasteiger charge is 2.06. The summed E-state index contributed by atoms with van der Waals surface area (Å²) in [7, 11) is 0. The van der Waals surface area contributed by atoms with E-state index in [4.69, 9.17) is 9.84 Å². The van der Waals surface area contributed by atoms with Gasteiger partial charge in [0.05, 0.1) is 18.0 Å². The molecule has 0 amide bonds. The van der Waals surface area contributed by atoms with Gasteiger partial charge in [-0.05, 0) is 37.1 Å². The molecule has 0 saturated carbocycles. The van der Waals surface area contributed by atoms with Crippen LogP contribution in [0.25, 0.3) is 0 Å². The summed E-state index contributed by atoms with van der Waals surface area (Å²) in [5.74, 6) is 0.0384. The lowest BCUT2D eigenvalue weighted by Crippen LogP contribution is -2.01. The van der Waals surface area contributed by atoms with Gasteiger partial charge in [0.15, 0.2) is 0 Å². The van der Waals surface area contributed by atoms with Crippen molar-refractivity contribution in [3.05, 3.63) is 45.4 Å². The molecule has 0 fully saturated rings. The maximum absolute atomic E-state index is 10.6. The minimum atomic E-state index is -0.827. The van der Waals surface area contributed by atoms with Crippen molar-refractivity contribution in [2.75, 3.05) is 6.61 Å². The van der Waals surface area contributed by atoms with E-state index in [0.29, 0.717) is 13.0 Å². The highest BCUT2D eigenvalue weighted by Crippen LogP contribution is 2.18. The Morgan fingerprint density at radius 2 is 2.00 bits per heavy atom. The summed E-state index contributed by atoms with van der Waals surface area (Å²) in [6, 6.07) is 6.11. The minimum Gasteiger partial charge on any atom is -0.493 e. The fourth-order valence-corrected chi connectivity index (χ4v) is 2.86. The summed E-state index contributed by atoms with van der Waals surface area (Å²) < 4.78 is 5.71. The second-order valence-corrected chi connectivity index (χ2v) is 5.91. The molecule has 0 aliphatic rings. The fraction of sp³-hybridized carbons (Fsp3) is 0.333. The number of nitrogens with zero attached hydrogens (tertiary/aromatic N) is 1. The first-order chi connectivity index (χ1) is 9.52. The second kappa shape index (κ2) is 6.52. The van der Waals surface area contributed by atoms with E-state index in [2.05, 4.69) is 11.1 Å². The molecular formula is C15H17NO3S. The van der Waals surface area contributed by atoms with E-state index < -0.39 is 5.97 Å². The van der Waals surface area contributed by atoms with Gasteiger partial charge >= 0.3 is 5.97 Å².